The second kappa shape index (κ2) is 4.75. The van der Waals surface area contributed by atoms with Crippen LogP contribution < -0.4 is 0 Å². The summed E-state index contributed by atoms with van der Waals surface area (Å²) in [5.41, 5.74) is 1.26. The molecule has 1 saturated carbocycles. The number of rotatable bonds is 2. The van der Waals surface area contributed by atoms with Crippen molar-refractivity contribution in [3.8, 4) is 0 Å². The summed E-state index contributed by atoms with van der Waals surface area (Å²) in [6.07, 6.45) is 5.82. The molecular formula is C16H21NO. The average molecular weight is 243 g/mol. The largest absolute Gasteiger partial charge is 0.333 e. The molecule has 18 heavy (non-hydrogen) atoms. The maximum absolute atomic E-state index is 12.3. The molecule has 2 fully saturated rings. The van der Waals surface area contributed by atoms with Crippen molar-refractivity contribution in [1.29, 1.82) is 0 Å². The molecule has 0 spiro atoms. The number of carbonyl (C=O) groups is 1. The van der Waals surface area contributed by atoms with E-state index < -0.39 is 0 Å². The van der Waals surface area contributed by atoms with E-state index in [1.165, 1.54) is 31.2 Å². The van der Waals surface area contributed by atoms with Crippen LogP contribution in [0.25, 0.3) is 0 Å². The molecule has 2 heteroatoms. The van der Waals surface area contributed by atoms with Gasteiger partial charge in [0.05, 0.1) is 6.04 Å². The van der Waals surface area contributed by atoms with Gasteiger partial charge in [0.25, 0.3) is 0 Å². The number of fused-ring (bicyclic) bond motifs is 1. The molecule has 1 saturated heterocycles. The summed E-state index contributed by atoms with van der Waals surface area (Å²) in [6.45, 7) is 2.17. The molecule has 1 heterocycles. The predicted octanol–water partition coefficient (Wildman–Crippen LogP) is 3.54. The number of nitrogens with zero attached hydrogens (tertiary/aromatic N) is 1. The number of hydrogen-bond donors (Lipinski definition) is 0. The van der Waals surface area contributed by atoms with Crippen molar-refractivity contribution in [2.45, 2.75) is 51.1 Å². The zero-order chi connectivity index (χ0) is 12.5. The Hall–Kier alpha value is -1.31. The van der Waals surface area contributed by atoms with Gasteiger partial charge in [0.2, 0.25) is 5.91 Å². The lowest BCUT2D eigenvalue weighted by atomic mass is 9.85. The van der Waals surface area contributed by atoms with E-state index in [4.69, 9.17) is 0 Å². The van der Waals surface area contributed by atoms with E-state index in [0.29, 0.717) is 17.9 Å². The van der Waals surface area contributed by atoms with Crippen molar-refractivity contribution in [2.24, 2.45) is 5.92 Å². The molecule has 0 bridgehead atoms. The average Bonchev–Trinajstić information content (AvgIpc) is 2.75. The van der Waals surface area contributed by atoms with Crippen molar-refractivity contribution < 1.29 is 4.79 Å². The zero-order valence-corrected chi connectivity index (χ0v) is 11.0. The van der Waals surface area contributed by atoms with E-state index in [0.717, 1.165) is 6.42 Å². The van der Waals surface area contributed by atoms with Crippen LogP contribution in [0.1, 0.15) is 50.6 Å². The van der Waals surface area contributed by atoms with E-state index in [9.17, 15) is 4.79 Å². The van der Waals surface area contributed by atoms with Crippen LogP contribution in [-0.4, -0.2) is 16.8 Å². The first-order chi connectivity index (χ1) is 8.77. The molecule has 0 N–H and O–H groups in total. The van der Waals surface area contributed by atoms with Crippen LogP contribution >= 0.6 is 0 Å². The summed E-state index contributed by atoms with van der Waals surface area (Å²) in [6, 6.07) is 11.1. The van der Waals surface area contributed by atoms with Gasteiger partial charge in [-0.1, -0.05) is 43.2 Å². The lowest BCUT2D eigenvalue weighted by molar-refractivity contribution is -0.131. The minimum absolute atomic E-state index is 0.229. The van der Waals surface area contributed by atoms with Gasteiger partial charge in [-0.25, -0.2) is 0 Å². The molecule has 1 unspecified atom stereocenters. The highest BCUT2D eigenvalue weighted by Gasteiger charge is 2.42. The van der Waals surface area contributed by atoms with E-state index in [2.05, 4.69) is 36.1 Å². The quantitative estimate of drug-likeness (QED) is 0.778. The lowest BCUT2D eigenvalue weighted by Gasteiger charge is -2.35. The smallest absolute Gasteiger partial charge is 0.223 e. The van der Waals surface area contributed by atoms with Crippen LogP contribution in [0.15, 0.2) is 30.3 Å². The molecule has 1 aromatic carbocycles. The minimum Gasteiger partial charge on any atom is -0.333 e. The van der Waals surface area contributed by atoms with Crippen LogP contribution in [0.2, 0.25) is 0 Å². The SMILES string of the molecule is CC(c1ccccc1)N1C(=O)C[C@@H]2CCCC[C@@H]21. The van der Waals surface area contributed by atoms with Crippen LogP contribution in [0.5, 0.6) is 0 Å². The number of likely N-dealkylation sites (tertiary alicyclic amines) is 1. The maximum Gasteiger partial charge on any atom is 0.223 e. The van der Waals surface area contributed by atoms with Gasteiger partial charge in [-0.3, -0.25) is 4.79 Å². The molecule has 2 aliphatic rings. The summed E-state index contributed by atoms with van der Waals surface area (Å²) in [7, 11) is 0. The molecule has 96 valence electrons. The lowest BCUT2D eigenvalue weighted by Crippen LogP contribution is -2.38. The fourth-order valence-corrected chi connectivity index (χ4v) is 3.70. The van der Waals surface area contributed by atoms with Crippen LogP contribution in [0.4, 0.5) is 0 Å². The van der Waals surface area contributed by atoms with E-state index in [1.54, 1.807) is 0 Å². The normalized spacial score (nSPS) is 29.2. The summed E-state index contributed by atoms with van der Waals surface area (Å²) in [5.74, 6) is 0.987. The summed E-state index contributed by atoms with van der Waals surface area (Å²) in [5, 5.41) is 0. The molecule has 1 amide bonds. The number of hydrogen-bond acceptors (Lipinski definition) is 1. The highest BCUT2D eigenvalue weighted by Crippen LogP contribution is 2.41. The van der Waals surface area contributed by atoms with Crippen molar-refractivity contribution in [1.82, 2.24) is 4.90 Å². The maximum atomic E-state index is 12.3. The van der Waals surface area contributed by atoms with E-state index in [-0.39, 0.29) is 6.04 Å². The van der Waals surface area contributed by atoms with Crippen LogP contribution in [0.3, 0.4) is 0 Å². The molecule has 3 atom stereocenters. The molecular weight excluding hydrogens is 222 g/mol. The van der Waals surface area contributed by atoms with Crippen LogP contribution in [-0.2, 0) is 4.79 Å². The Labute approximate surface area is 109 Å². The first-order valence-corrected chi connectivity index (χ1v) is 7.13. The highest BCUT2D eigenvalue weighted by atomic mass is 16.2. The van der Waals surface area contributed by atoms with Crippen molar-refractivity contribution >= 4 is 5.91 Å². The molecule has 2 nitrogen and oxygen atoms in total. The third-order valence-electron chi connectivity index (χ3n) is 4.65. The molecule has 1 aliphatic carbocycles. The topological polar surface area (TPSA) is 20.3 Å². The summed E-state index contributed by atoms with van der Waals surface area (Å²) >= 11 is 0. The van der Waals surface area contributed by atoms with Gasteiger partial charge in [0.1, 0.15) is 0 Å². The van der Waals surface area contributed by atoms with Gasteiger partial charge in [-0.05, 0) is 31.2 Å². The second-order valence-electron chi connectivity index (χ2n) is 5.70. The molecule has 1 aromatic rings. The van der Waals surface area contributed by atoms with Crippen LogP contribution in [0, 0.1) is 5.92 Å². The first-order valence-electron chi connectivity index (χ1n) is 7.13. The van der Waals surface area contributed by atoms with Gasteiger partial charge in [-0.2, -0.15) is 0 Å². The summed E-state index contributed by atoms with van der Waals surface area (Å²) in [4.78, 5) is 14.4. The Balaban J connectivity index is 1.84. The van der Waals surface area contributed by atoms with E-state index >= 15 is 0 Å². The minimum atomic E-state index is 0.229. The Morgan fingerprint density at radius 2 is 1.89 bits per heavy atom. The zero-order valence-electron chi connectivity index (χ0n) is 11.0. The Kier molecular flexibility index (Phi) is 3.11. The Bertz CT molecular complexity index is 428. The predicted molar refractivity (Wildman–Crippen MR) is 72.1 cm³/mol. The standard InChI is InChI=1S/C16H21NO/c1-12(13-7-3-2-4-8-13)17-15-10-6-5-9-14(15)11-16(17)18/h2-4,7-8,12,14-15H,5-6,9-11H2,1H3/t12?,14-,15-/m0/s1. The van der Waals surface area contributed by atoms with Gasteiger partial charge in [0.15, 0.2) is 0 Å². The first kappa shape index (κ1) is 11.8. The van der Waals surface area contributed by atoms with Crippen molar-refractivity contribution in [3.63, 3.8) is 0 Å². The van der Waals surface area contributed by atoms with E-state index in [1.807, 2.05) is 6.07 Å². The number of amides is 1. The third-order valence-corrected chi connectivity index (χ3v) is 4.65. The fraction of sp³-hybridized carbons (Fsp3) is 0.562. The Morgan fingerprint density at radius 3 is 2.67 bits per heavy atom. The van der Waals surface area contributed by atoms with Gasteiger partial charge in [0, 0.05) is 12.5 Å². The monoisotopic (exact) mass is 243 g/mol. The number of benzene rings is 1. The van der Waals surface area contributed by atoms with Crippen molar-refractivity contribution in [2.75, 3.05) is 0 Å². The fourth-order valence-electron chi connectivity index (χ4n) is 3.70. The van der Waals surface area contributed by atoms with Crippen molar-refractivity contribution in [3.05, 3.63) is 35.9 Å². The summed E-state index contributed by atoms with van der Waals surface area (Å²) < 4.78 is 0. The van der Waals surface area contributed by atoms with Gasteiger partial charge >= 0.3 is 0 Å². The molecule has 1 aliphatic heterocycles. The third kappa shape index (κ3) is 1.94. The van der Waals surface area contributed by atoms with Gasteiger partial charge < -0.3 is 4.90 Å². The second-order valence-corrected chi connectivity index (χ2v) is 5.70. The Morgan fingerprint density at radius 1 is 1.17 bits per heavy atom. The molecule has 3 rings (SSSR count). The van der Waals surface area contributed by atoms with Gasteiger partial charge in [-0.15, -0.1) is 0 Å². The molecule has 0 radical (unpaired) electrons. The highest BCUT2D eigenvalue weighted by molar-refractivity contribution is 5.80. The molecule has 0 aromatic heterocycles. The number of carbonyl (C=O) groups excluding carboxylic acids is 1.